The van der Waals surface area contributed by atoms with Crippen LogP contribution in [0.4, 0.5) is 0 Å². The van der Waals surface area contributed by atoms with Crippen molar-refractivity contribution in [3.8, 4) is 11.8 Å². The summed E-state index contributed by atoms with van der Waals surface area (Å²) in [4.78, 5) is 0. The SMILES string of the molecule is Brc1ccccc1C#CC1CCCCC1. The van der Waals surface area contributed by atoms with Crippen LogP contribution in [0.5, 0.6) is 0 Å². The Labute approximate surface area is 100 Å². The molecule has 1 aliphatic rings. The van der Waals surface area contributed by atoms with Crippen molar-refractivity contribution in [2.24, 2.45) is 5.92 Å². The van der Waals surface area contributed by atoms with Crippen LogP contribution >= 0.6 is 15.9 Å². The molecule has 1 aliphatic carbocycles. The highest BCUT2D eigenvalue weighted by atomic mass is 79.9. The topological polar surface area (TPSA) is 0 Å². The van der Waals surface area contributed by atoms with Crippen LogP contribution < -0.4 is 0 Å². The molecular weight excluding hydrogens is 248 g/mol. The molecule has 1 aromatic rings. The van der Waals surface area contributed by atoms with Gasteiger partial charge < -0.3 is 0 Å². The molecule has 0 N–H and O–H groups in total. The van der Waals surface area contributed by atoms with E-state index in [1.807, 2.05) is 18.2 Å². The van der Waals surface area contributed by atoms with E-state index in [1.54, 1.807) is 0 Å². The molecule has 0 unspecified atom stereocenters. The fourth-order valence-electron chi connectivity index (χ4n) is 1.99. The molecule has 0 spiro atoms. The lowest BCUT2D eigenvalue weighted by Crippen LogP contribution is -2.03. The van der Waals surface area contributed by atoms with Gasteiger partial charge >= 0.3 is 0 Å². The second-order valence-corrected chi connectivity index (χ2v) is 4.94. The number of halogens is 1. The van der Waals surface area contributed by atoms with Gasteiger partial charge in [0.25, 0.3) is 0 Å². The lowest BCUT2D eigenvalue weighted by atomic mass is 9.90. The van der Waals surface area contributed by atoms with Gasteiger partial charge in [-0.25, -0.2) is 0 Å². The van der Waals surface area contributed by atoms with Crippen LogP contribution in [0.25, 0.3) is 0 Å². The first-order chi connectivity index (χ1) is 7.36. The zero-order valence-electron chi connectivity index (χ0n) is 8.80. The number of hydrogen-bond donors (Lipinski definition) is 0. The molecule has 0 radical (unpaired) electrons. The number of hydrogen-bond acceptors (Lipinski definition) is 0. The molecule has 1 saturated carbocycles. The first-order valence-corrected chi connectivity index (χ1v) is 6.41. The maximum absolute atomic E-state index is 3.52. The van der Waals surface area contributed by atoms with E-state index < -0.39 is 0 Å². The van der Waals surface area contributed by atoms with E-state index in [0.29, 0.717) is 5.92 Å². The van der Waals surface area contributed by atoms with Crippen molar-refractivity contribution in [1.29, 1.82) is 0 Å². The minimum atomic E-state index is 0.630. The molecule has 2 rings (SSSR count). The smallest absolute Gasteiger partial charge is 0.0387 e. The maximum atomic E-state index is 3.52. The summed E-state index contributed by atoms with van der Waals surface area (Å²) < 4.78 is 1.10. The molecule has 0 bridgehead atoms. The molecule has 1 aromatic carbocycles. The molecule has 0 aliphatic heterocycles. The Balaban J connectivity index is 2.07. The highest BCUT2D eigenvalue weighted by Gasteiger charge is 2.09. The first kappa shape index (κ1) is 10.8. The molecule has 1 heteroatoms. The highest BCUT2D eigenvalue weighted by molar-refractivity contribution is 9.10. The molecule has 0 atom stereocenters. The quantitative estimate of drug-likeness (QED) is 0.609. The van der Waals surface area contributed by atoms with Crippen LogP contribution in [0.15, 0.2) is 28.7 Å². The average molecular weight is 263 g/mol. The minimum absolute atomic E-state index is 0.630. The van der Waals surface area contributed by atoms with Crippen molar-refractivity contribution in [2.45, 2.75) is 32.1 Å². The largest absolute Gasteiger partial charge is 0.0944 e. The highest BCUT2D eigenvalue weighted by Crippen LogP contribution is 2.23. The van der Waals surface area contributed by atoms with E-state index in [4.69, 9.17) is 0 Å². The predicted molar refractivity (Wildman–Crippen MR) is 67.6 cm³/mol. The van der Waals surface area contributed by atoms with Gasteiger partial charge in [-0.1, -0.05) is 43.2 Å². The van der Waals surface area contributed by atoms with Gasteiger partial charge in [-0.05, 0) is 40.9 Å². The van der Waals surface area contributed by atoms with Gasteiger partial charge in [-0.2, -0.15) is 0 Å². The third-order valence-electron chi connectivity index (χ3n) is 2.89. The molecule has 78 valence electrons. The summed E-state index contributed by atoms with van der Waals surface area (Å²) in [6.45, 7) is 0. The van der Waals surface area contributed by atoms with Gasteiger partial charge in [0.1, 0.15) is 0 Å². The van der Waals surface area contributed by atoms with Crippen LogP contribution in [0.2, 0.25) is 0 Å². The van der Waals surface area contributed by atoms with Crippen molar-refractivity contribution >= 4 is 15.9 Å². The Hall–Kier alpha value is -0.740. The van der Waals surface area contributed by atoms with E-state index in [9.17, 15) is 0 Å². The fourth-order valence-corrected chi connectivity index (χ4v) is 2.37. The van der Waals surface area contributed by atoms with Gasteiger partial charge in [-0.15, -0.1) is 0 Å². The number of rotatable bonds is 0. The lowest BCUT2D eigenvalue weighted by Gasteiger charge is -2.15. The van der Waals surface area contributed by atoms with Crippen LogP contribution in [0.3, 0.4) is 0 Å². The Kier molecular flexibility index (Phi) is 3.86. The van der Waals surface area contributed by atoms with Gasteiger partial charge in [0.15, 0.2) is 0 Å². The zero-order chi connectivity index (χ0) is 10.5. The van der Waals surface area contributed by atoms with Crippen LogP contribution in [-0.2, 0) is 0 Å². The van der Waals surface area contributed by atoms with Crippen molar-refractivity contribution in [3.63, 3.8) is 0 Å². The molecule has 0 saturated heterocycles. The fraction of sp³-hybridized carbons (Fsp3) is 0.429. The summed E-state index contributed by atoms with van der Waals surface area (Å²) in [5.41, 5.74) is 1.11. The van der Waals surface area contributed by atoms with Crippen LogP contribution in [0, 0.1) is 17.8 Å². The Morgan fingerprint density at radius 3 is 2.53 bits per heavy atom. The Bertz CT molecular complexity index is 378. The summed E-state index contributed by atoms with van der Waals surface area (Å²) >= 11 is 3.52. The second kappa shape index (κ2) is 5.37. The van der Waals surface area contributed by atoms with E-state index in [1.165, 1.54) is 32.1 Å². The van der Waals surface area contributed by atoms with E-state index in [0.717, 1.165) is 10.0 Å². The van der Waals surface area contributed by atoms with Gasteiger partial charge in [0, 0.05) is 16.0 Å². The summed E-state index contributed by atoms with van der Waals surface area (Å²) in [6.07, 6.45) is 6.69. The minimum Gasteiger partial charge on any atom is -0.0944 e. The lowest BCUT2D eigenvalue weighted by molar-refractivity contribution is 0.430. The second-order valence-electron chi connectivity index (χ2n) is 4.08. The third kappa shape index (κ3) is 3.11. The van der Waals surface area contributed by atoms with Gasteiger partial charge in [-0.3, -0.25) is 0 Å². The number of benzene rings is 1. The maximum Gasteiger partial charge on any atom is 0.0387 e. The molecule has 0 heterocycles. The van der Waals surface area contributed by atoms with Crippen molar-refractivity contribution in [3.05, 3.63) is 34.3 Å². The monoisotopic (exact) mass is 262 g/mol. The molecule has 0 amide bonds. The van der Waals surface area contributed by atoms with Crippen LogP contribution in [-0.4, -0.2) is 0 Å². The molecule has 0 aromatic heterocycles. The normalized spacial score (nSPS) is 16.9. The van der Waals surface area contributed by atoms with E-state index in [-0.39, 0.29) is 0 Å². The van der Waals surface area contributed by atoms with E-state index in [2.05, 4.69) is 33.8 Å². The van der Waals surface area contributed by atoms with Crippen molar-refractivity contribution in [2.75, 3.05) is 0 Å². The summed E-state index contributed by atoms with van der Waals surface area (Å²) in [5, 5.41) is 0. The molecular formula is C14H15Br. The van der Waals surface area contributed by atoms with Crippen molar-refractivity contribution < 1.29 is 0 Å². The standard InChI is InChI=1S/C14H15Br/c15-14-9-5-4-8-13(14)11-10-12-6-2-1-3-7-12/h4-5,8-9,12H,1-3,6-7H2. The van der Waals surface area contributed by atoms with Gasteiger partial charge in [0.2, 0.25) is 0 Å². The van der Waals surface area contributed by atoms with Crippen molar-refractivity contribution in [1.82, 2.24) is 0 Å². The summed E-state index contributed by atoms with van der Waals surface area (Å²) in [6, 6.07) is 8.18. The Morgan fingerprint density at radius 2 is 1.80 bits per heavy atom. The first-order valence-electron chi connectivity index (χ1n) is 5.62. The van der Waals surface area contributed by atoms with Crippen LogP contribution in [0.1, 0.15) is 37.7 Å². The predicted octanol–water partition coefficient (Wildman–Crippen LogP) is 4.38. The average Bonchev–Trinajstić information content (AvgIpc) is 2.29. The van der Waals surface area contributed by atoms with Gasteiger partial charge in [0.05, 0.1) is 0 Å². The zero-order valence-corrected chi connectivity index (χ0v) is 10.4. The summed E-state index contributed by atoms with van der Waals surface area (Å²) in [7, 11) is 0. The summed E-state index contributed by atoms with van der Waals surface area (Å²) in [5.74, 6) is 7.31. The third-order valence-corrected chi connectivity index (χ3v) is 3.58. The van der Waals surface area contributed by atoms with E-state index >= 15 is 0 Å². The molecule has 1 fully saturated rings. The molecule has 0 nitrogen and oxygen atoms in total. The molecule has 15 heavy (non-hydrogen) atoms. The Morgan fingerprint density at radius 1 is 1.07 bits per heavy atom.